The van der Waals surface area contributed by atoms with E-state index in [2.05, 4.69) is 0 Å². The minimum atomic E-state index is -0.0483. The Morgan fingerprint density at radius 3 is 2.91 bits per heavy atom. The van der Waals surface area contributed by atoms with Crippen molar-refractivity contribution in [1.29, 1.82) is 0 Å². The summed E-state index contributed by atoms with van der Waals surface area (Å²) in [5, 5.41) is 0. The van der Waals surface area contributed by atoms with Gasteiger partial charge >= 0.3 is 0 Å². The minimum absolute atomic E-state index is 0.0483. The molecule has 0 aromatic heterocycles. The molecule has 2 rings (SSSR count). The number of nitrogens with zero attached hydrogens (tertiary/aromatic N) is 1. The number of hydrogen-bond acceptors (Lipinski definition) is 4. The summed E-state index contributed by atoms with van der Waals surface area (Å²) in [5.41, 5.74) is 0.994. The minimum Gasteiger partial charge on any atom is -0.454 e. The smallest absolute Gasteiger partial charge is 0.246 e. The Bertz CT molecular complexity index is 566. The number of carbonyl (C=O) groups excluding carboxylic acids is 1. The van der Waals surface area contributed by atoms with Crippen LogP contribution in [0.2, 0.25) is 0 Å². The number of amides is 1. The molecule has 0 spiro atoms. The van der Waals surface area contributed by atoms with Gasteiger partial charge in [-0.05, 0) is 24.6 Å². The van der Waals surface area contributed by atoms with Crippen molar-refractivity contribution in [2.75, 3.05) is 27.1 Å². The lowest BCUT2D eigenvalue weighted by atomic mass is 10.2. The standard InChI is InChI=1S/C17H21NO4/c1-3-4-5-6-17(19)18(9-10-20-2)12-14-7-8-15-16(11-14)22-13-21-15/h3-8,11H,9-10,12-13H2,1-2H3. The molecule has 1 aromatic rings. The predicted octanol–water partition coefficient (Wildman–Crippen LogP) is 2.52. The van der Waals surface area contributed by atoms with Gasteiger partial charge in [-0.25, -0.2) is 0 Å². The summed E-state index contributed by atoms with van der Waals surface area (Å²) in [5.74, 6) is 1.42. The fourth-order valence-corrected chi connectivity index (χ4v) is 2.08. The quantitative estimate of drug-likeness (QED) is 0.573. The van der Waals surface area contributed by atoms with Crippen LogP contribution in [0.1, 0.15) is 12.5 Å². The van der Waals surface area contributed by atoms with Crippen LogP contribution in [0, 0.1) is 0 Å². The van der Waals surface area contributed by atoms with Crippen LogP contribution >= 0.6 is 0 Å². The zero-order valence-electron chi connectivity index (χ0n) is 13.0. The van der Waals surface area contributed by atoms with Crippen molar-refractivity contribution in [3.8, 4) is 11.5 Å². The van der Waals surface area contributed by atoms with E-state index in [1.807, 2.05) is 37.3 Å². The lowest BCUT2D eigenvalue weighted by Crippen LogP contribution is -2.32. The van der Waals surface area contributed by atoms with Crippen LogP contribution in [0.25, 0.3) is 0 Å². The number of rotatable bonds is 7. The number of ether oxygens (including phenoxy) is 3. The molecule has 0 saturated heterocycles. The van der Waals surface area contributed by atoms with Crippen molar-refractivity contribution < 1.29 is 19.0 Å². The second-order valence-corrected chi connectivity index (χ2v) is 4.83. The van der Waals surface area contributed by atoms with Crippen molar-refractivity contribution in [3.63, 3.8) is 0 Å². The molecule has 118 valence electrons. The van der Waals surface area contributed by atoms with Crippen LogP contribution in [0.4, 0.5) is 0 Å². The Balaban J connectivity index is 2.06. The van der Waals surface area contributed by atoms with E-state index in [1.54, 1.807) is 24.2 Å². The van der Waals surface area contributed by atoms with Gasteiger partial charge in [0.2, 0.25) is 12.7 Å². The molecule has 1 aliphatic rings. The fourth-order valence-electron chi connectivity index (χ4n) is 2.08. The van der Waals surface area contributed by atoms with E-state index < -0.39 is 0 Å². The number of carbonyl (C=O) groups is 1. The van der Waals surface area contributed by atoms with Crippen molar-refractivity contribution in [2.24, 2.45) is 0 Å². The van der Waals surface area contributed by atoms with Crippen molar-refractivity contribution in [2.45, 2.75) is 13.5 Å². The van der Waals surface area contributed by atoms with Gasteiger partial charge in [0.05, 0.1) is 6.61 Å². The molecule has 0 saturated carbocycles. The summed E-state index contributed by atoms with van der Waals surface area (Å²) < 4.78 is 15.7. The summed E-state index contributed by atoms with van der Waals surface area (Å²) in [7, 11) is 1.62. The van der Waals surface area contributed by atoms with Gasteiger partial charge in [-0.15, -0.1) is 0 Å². The maximum absolute atomic E-state index is 12.3. The Morgan fingerprint density at radius 2 is 2.14 bits per heavy atom. The average Bonchev–Trinajstić information content (AvgIpc) is 2.99. The molecule has 0 fully saturated rings. The molecule has 0 bridgehead atoms. The number of fused-ring (bicyclic) bond motifs is 1. The molecular formula is C17H21NO4. The largest absolute Gasteiger partial charge is 0.454 e. The summed E-state index contributed by atoms with van der Waals surface area (Å²) in [4.78, 5) is 14.0. The Kier molecular flexibility index (Phi) is 6.03. The van der Waals surface area contributed by atoms with Gasteiger partial charge in [-0.2, -0.15) is 0 Å². The van der Waals surface area contributed by atoms with Crippen LogP contribution < -0.4 is 9.47 Å². The van der Waals surface area contributed by atoms with Crippen LogP contribution in [0.3, 0.4) is 0 Å². The van der Waals surface area contributed by atoms with E-state index in [0.29, 0.717) is 19.7 Å². The highest BCUT2D eigenvalue weighted by Gasteiger charge is 2.16. The normalized spacial score (nSPS) is 13.2. The van der Waals surface area contributed by atoms with Crippen molar-refractivity contribution in [1.82, 2.24) is 4.90 Å². The summed E-state index contributed by atoms with van der Waals surface area (Å²) in [6, 6.07) is 5.72. The second kappa shape index (κ2) is 8.24. The van der Waals surface area contributed by atoms with Crippen molar-refractivity contribution >= 4 is 5.91 Å². The topological polar surface area (TPSA) is 48.0 Å². The van der Waals surface area contributed by atoms with Gasteiger partial charge in [0.25, 0.3) is 0 Å². The summed E-state index contributed by atoms with van der Waals surface area (Å²) in [6.45, 7) is 3.68. The molecule has 0 atom stereocenters. The zero-order valence-corrected chi connectivity index (χ0v) is 13.0. The van der Waals surface area contributed by atoms with E-state index in [-0.39, 0.29) is 12.7 Å². The first-order valence-electron chi connectivity index (χ1n) is 7.20. The Labute approximate surface area is 130 Å². The molecule has 0 radical (unpaired) electrons. The molecule has 5 heteroatoms. The lowest BCUT2D eigenvalue weighted by Gasteiger charge is -2.21. The summed E-state index contributed by atoms with van der Waals surface area (Å²) >= 11 is 0. The van der Waals surface area contributed by atoms with Gasteiger partial charge in [-0.1, -0.05) is 24.3 Å². The maximum atomic E-state index is 12.3. The molecular weight excluding hydrogens is 282 g/mol. The van der Waals surface area contributed by atoms with Gasteiger partial charge in [0, 0.05) is 26.3 Å². The van der Waals surface area contributed by atoms with E-state index in [0.717, 1.165) is 17.1 Å². The van der Waals surface area contributed by atoms with E-state index in [1.165, 1.54) is 0 Å². The first-order valence-corrected chi connectivity index (χ1v) is 7.20. The third-order valence-corrected chi connectivity index (χ3v) is 3.23. The predicted molar refractivity (Wildman–Crippen MR) is 83.8 cm³/mol. The third kappa shape index (κ3) is 4.36. The number of hydrogen-bond donors (Lipinski definition) is 0. The van der Waals surface area contributed by atoms with Crippen LogP contribution in [0.5, 0.6) is 11.5 Å². The molecule has 5 nitrogen and oxygen atoms in total. The number of allylic oxidation sites excluding steroid dienone is 3. The molecule has 1 aliphatic heterocycles. The first kappa shape index (κ1) is 16.1. The molecule has 22 heavy (non-hydrogen) atoms. The lowest BCUT2D eigenvalue weighted by molar-refractivity contribution is -0.127. The van der Waals surface area contributed by atoms with Gasteiger partial charge < -0.3 is 19.1 Å². The maximum Gasteiger partial charge on any atom is 0.246 e. The first-order chi connectivity index (χ1) is 10.7. The van der Waals surface area contributed by atoms with Gasteiger partial charge in [0.15, 0.2) is 11.5 Å². The highest BCUT2D eigenvalue weighted by atomic mass is 16.7. The van der Waals surface area contributed by atoms with Gasteiger partial charge in [-0.3, -0.25) is 4.79 Å². The third-order valence-electron chi connectivity index (χ3n) is 3.23. The van der Waals surface area contributed by atoms with E-state index in [9.17, 15) is 4.79 Å². The van der Waals surface area contributed by atoms with E-state index in [4.69, 9.17) is 14.2 Å². The SMILES string of the molecule is CC=CC=CC(=O)N(CCOC)Cc1ccc2c(c1)OCO2. The van der Waals surface area contributed by atoms with Crippen LogP contribution in [-0.4, -0.2) is 37.9 Å². The molecule has 0 N–H and O–H groups in total. The van der Waals surface area contributed by atoms with Crippen LogP contribution in [0.15, 0.2) is 42.5 Å². The average molecular weight is 303 g/mol. The second-order valence-electron chi connectivity index (χ2n) is 4.83. The van der Waals surface area contributed by atoms with Gasteiger partial charge in [0.1, 0.15) is 0 Å². The van der Waals surface area contributed by atoms with Crippen LogP contribution in [-0.2, 0) is 16.1 Å². The van der Waals surface area contributed by atoms with Crippen molar-refractivity contribution in [3.05, 3.63) is 48.1 Å². The summed E-state index contributed by atoms with van der Waals surface area (Å²) in [6.07, 6.45) is 7.00. The molecule has 0 aliphatic carbocycles. The zero-order chi connectivity index (χ0) is 15.8. The monoisotopic (exact) mass is 303 g/mol. The molecule has 0 unspecified atom stereocenters. The molecule has 1 heterocycles. The molecule has 1 aromatic carbocycles. The highest BCUT2D eigenvalue weighted by molar-refractivity contribution is 5.87. The Hall–Kier alpha value is -2.27. The Morgan fingerprint density at radius 1 is 1.32 bits per heavy atom. The van der Waals surface area contributed by atoms with E-state index >= 15 is 0 Å². The molecule has 1 amide bonds. The fraction of sp³-hybridized carbons (Fsp3) is 0.353. The highest BCUT2D eigenvalue weighted by Crippen LogP contribution is 2.32. The number of benzene rings is 1. The number of methoxy groups -OCH3 is 1.